The lowest BCUT2D eigenvalue weighted by molar-refractivity contribution is -0.384. The molecule has 0 radical (unpaired) electrons. The van der Waals surface area contributed by atoms with Gasteiger partial charge in [0.1, 0.15) is 0 Å². The molecule has 1 saturated heterocycles. The molecule has 2 amide bonds. The highest BCUT2D eigenvalue weighted by Crippen LogP contribution is 2.27. The third kappa shape index (κ3) is 5.07. The largest absolute Gasteiger partial charge is 0.368 e. The minimum Gasteiger partial charge on any atom is -0.368 e. The fraction of sp³-hybridized carbons (Fsp3) is 0.417. The number of nitro benzene ring substituents is 1. The van der Waals surface area contributed by atoms with Crippen molar-refractivity contribution < 1.29 is 14.5 Å². The van der Waals surface area contributed by atoms with Gasteiger partial charge in [-0.25, -0.2) is 0 Å². The fourth-order valence-electron chi connectivity index (χ4n) is 4.51. The topological polar surface area (TPSA) is 95.8 Å². The number of nitro groups is 1. The number of non-ortho nitro benzene ring substituents is 1. The summed E-state index contributed by atoms with van der Waals surface area (Å²) in [5.41, 5.74) is 1.79. The molecule has 2 aromatic rings. The quantitative estimate of drug-likeness (QED) is 0.563. The van der Waals surface area contributed by atoms with E-state index in [1.165, 1.54) is 37.5 Å². The van der Waals surface area contributed by atoms with Crippen LogP contribution in [-0.2, 0) is 4.79 Å². The molecule has 1 saturated carbocycles. The smallest absolute Gasteiger partial charge is 0.270 e. The van der Waals surface area contributed by atoms with E-state index in [0.29, 0.717) is 11.6 Å². The van der Waals surface area contributed by atoms with E-state index in [-0.39, 0.29) is 17.2 Å². The van der Waals surface area contributed by atoms with Crippen LogP contribution in [0, 0.1) is 16.0 Å². The Morgan fingerprint density at radius 3 is 2.28 bits per heavy atom. The van der Waals surface area contributed by atoms with Crippen LogP contribution in [0.15, 0.2) is 48.5 Å². The van der Waals surface area contributed by atoms with Crippen LogP contribution >= 0.6 is 0 Å². The molecule has 2 aromatic carbocycles. The summed E-state index contributed by atoms with van der Waals surface area (Å²) in [5, 5.41) is 13.7. The van der Waals surface area contributed by atoms with Crippen LogP contribution in [0.25, 0.3) is 0 Å². The lowest BCUT2D eigenvalue weighted by Crippen LogP contribution is -2.50. The molecule has 0 aromatic heterocycles. The third-order valence-corrected chi connectivity index (χ3v) is 6.36. The van der Waals surface area contributed by atoms with Crippen LogP contribution in [0.1, 0.15) is 42.5 Å². The molecule has 1 aliphatic carbocycles. The zero-order valence-corrected chi connectivity index (χ0v) is 18.0. The van der Waals surface area contributed by atoms with Crippen molar-refractivity contribution in [1.29, 1.82) is 0 Å². The van der Waals surface area contributed by atoms with Crippen molar-refractivity contribution >= 4 is 28.9 Å². The maximum absolute atomic E-state index is 12.7. The van der Waals surface area contributed by atoms with Crippen LogP contribution in [0.4, 0.5) is 17.1 Å². The maximum atomic E-state index is 12.7. The van der Waals surface area contributed by atoms with E-state index >= 15 is 0 Å². The Morgan fingerprint density at radius 1 is 0.938 bits per heavy atom. The Kier molecular flexibility index (Phi) is 6.68. The zero-order valence-electron chi connectivity index (χ0n) is 18.0. The summed E-state index contributed by atoms with van der Waals surface area (Å²) in [4.78, 5) is 39.8. The fourth-order valence-corrected chi connectivity index (χ4v) is 4.51. The average Bonchev–Trinajstić information content (AvgIpc) is 2.85. The standard InChI is InChI=1S/C24H28N4O4/c29-23(19-7-4-8-22(17-19)28(31)32)25-20-9-11-21(12-10-20)26-13-15-27(16-14-26)24(30)18-5-2-1-3-6-18/h4,7-12,17-18H,1-3,5-6,13-16H2,(H,25,29). The molecule has 0 atom stereocenters. The SMILES string of the molecule is O=C(Nc1ccc(N2CCN(C(=O)C3CCCCC3)CC2)cc1)c1cccc([N+](=O)[O-])c1. The zero-order chi connectivity index (χ0) is 22.5. The summed E-state index contributed by atoms with van der Waals surface area (Å²) in [6, 6.07) is 13.2. The second-order valence-electron chi connectivity index (χ2n) is 8.46. The number of nitrogens with one attached hydrogen (secondary N) is 1. The van der Waals surface area contributed by atoms with Gasteiger partial charge in [0.15, 0.2) is 0 Å². The van der Waals surface area contributed by atoms with Crippen molar-refractivity contribution in [2.24, 2.45) is 5.92 Å². The average molecular weight is 437 g/mol. The van der Waals surface area contributed by atoms with Crippen LogP contribution in [0.5, 0.6) is 0 Å². The minimum absolute atomic E-state index is 0.117. The van der Waals surface area contributed by atoms with Crippen molar-refractivity contribution in [2.75, 3.05) is 36.4 Å². The van der Waals surface area contributed by atoms with Gasteiger partial charge in [-0.2, -0.15) is 0 Å². The van der Waals surface area contributed by atoms with E-state index in [1.54, 1.807) is 6.07 Å². The molecule has 1 aliphatic heterocycles. The van der Waals surface area contributed by atoms with Gasteiger partial charge in [-0.05, 0) is 43.2 Å². The number of carbonyl (C=O) groups is 2. The van der Waals surface area contributed by atoms with E-state index < -0.39 is 10.8 Å². The number of carbonyl (C=O) groups excluding carboxylic acids is 2. The molecule has 0 spiro atoms. The normalized spacial score (nSPS) is 17.1. The number of hydrogen-bond donors (Lipinski definition) is 1. The first-order chi connectivity index (χ1) is 15.5. The third-order valence-electron chi connectivity index (χ3n) is 6.36. The summed E-state index contributed by atoms with van der Waals surface area (Å²) in [5.74, 6) is 0.143. The molecule has 2 aliphatic rings. The summed E-state index contributed by atoms with van der Waals surface area (Å²) >= 11 is 0. The highest BCUT2D eigenvalue weighted by atomic mass is 16.6. The molecule has 32 heavy (non-hydrogen) atoms. The molecular formula is C24H28N4O4. The van der Waals surface area contributed by atoms with E-state index in [1.807, 2.05) is 29.2 Å². The van der Waals surface area contributed by atoms with Gasteiger partial charge < -0.3 is 15.1 Å². The molecule has 1 N–H and O–H groups in total. The van der Waals surface area contributed by atoms with Crippen molar-refractivity contribution in [3.8, 4) is 0 Å². The van der Waals surface area contributed by atoms with Gasteiger partial charge in [-0.15, -0.1) is 0 Å². The van der Waals surface area contributed by atoms with E-state index in [0.717, 1.165) is 44.7 Å². The van der Waals surface area contributed by atoms with Gasteiger partial charge in [0.2, 0.25) is 5.91 Å². The molecule has 4 rings (SSSR count). The van der Waals surface area contributed by atoms with E-state index in [2.05, 4.69) is 10.2 Å². The predicted molar refractivity (Wildman–Crippen MR) is 123 cm³/mol. The lowest BCUT2D eigenvalue weighted by Gasteiger charge is -2.38. The number of hydrogen-bond acceptors (Lipinski definition) is 5. The highest BCUT2D eigenvalue weighted by molar-refractivity contribution is 6.04. The number of piperazine rings is 1. The second kappa shape index (κ2) is 9.80. The Hall–Kier alpha value is -3.42. The Balaban J connectivity index is 1.31. The summed E-state index contributed by atoms with van der Waals surface area (Å²) in [6.45, 7) is 3.05. The maximum Gasteiger partial charge on any atom is 0.270 e. The first-order valence-electron chi connectivity index (χ1n) is 11.2. The molecule has 1 heterocycles. The predicted octanol–water partition coefficient (Wildman–Crippen LogP) is 4.08. The van der Waals surface area contributed by atoms with Crippen LogP contribution in [-0.4, -0.2) is 47.8 Å². The first-order valence-corrected chi connectivity index (χ1v) is 11.2. The van der Waals surface area contributed by atoms with Crippen LogP contribution in [0.2, 0.25) is 0 Å². The van der Waals surface area contributed by atoms with Crippen molar-refractivity contribution in [1.82, 2.24) is 4.90 Å². The number of rotatable bonds is 5. The molecular weight excluding hydrogens is 408 g/mol. The highest BCUT2D eigenvalue weighted by Gasteiger charge is 2.28. The summed E-state index contributed by atoms with van der Waals surface area (Å²) < 4.78 is 0. The monoisotopic (exact) mass is 436 g/mol. The van der Waals surface area contributed by atoms with Gasteiger partial charge in [0.25, 0.3) is 11.6 Å². The van der Waals surface area contributed by atoms with Crippen molar-refractivity contribution in [2.45, 2.75) is 32.1 Å². The van der Waals surface area contributed by atoms with E-state index in [9.17, 15) is 19.7 Å². The molecule has 0 bridgehead atoms. The van der Waals surface area contributed by atoms with Gasteiger partial charge in [0.05, 0.1) is 4.92 Å². The lowest BCUT2D eigenvalue weighted by atomic mass is 9.88. The molecule has 8 nitrogen and oxygen atoms in total. The molecule has 8 heteroatoms. The Morgan fingerprint density at radius 2 is 1.62 bits per heavy atom. The molecule has 0 unspecified atom stereocenters. The van der Waals surface area contributed by atoms with Gasteiger partial charge >= 0.3 is 0 Å². The Labute approximate surface area is 187 Å². The number of amides is 2. The molecule has 168 valence electrons. The van der Waals surface area contributed by atoms with Crippen molar-refractivity contribution in [3.63, 3.8) is 0 Å². The van der Waals surface area contributed by atoms with Gasteiger partial charge in [0, 0.05) is 61.2 Å². The van der Waals surface area contributed by atoms with Crippen LogP contribution in [0.3, 0.4) is 0 Å². The number of benzene rings is 2. The minimum atomic E-state index is -0.520. The molecule has 2 fully saturated rings. The van der Waals surface area contributed by atoms with Crippen molar-refractivity contribution in [3.05, 3.63) is 64.2 Å². The number of anilines is 2. The van der Waals surface area contributed by atoms with Gasteiger partial charge in [-0.3, -0.25) is 19.7 Å². The number of nitrogens with zero attached hydrogens (tertiary/aromatic N) is 3. The Bertz CT molecular complexity index is 978. The summed E-state index contributed by atoms with van der Waals surface area (Å²) in [7, 11) is 0. The summed E-state index contributed by atoms with van der Waals surface area (Å²) in [6.07, 6.45) is 5.64. The first kappa shape index (κ1) is 21.8. The van der Waals surface area contributed by atoms with Crippen LogP contribution < -0.4 is 10.2 Å². The second-order valence-corrected chi connectivity index (χ2v) is 8.46. The van der Waals surface area contributed by atoms with E-state index in [4.69, 9.17) is 0 Å². The van der Waals surface area contributed by atoms with Gasteiger partial charge in [-0.1, -0.05) is 25.3 Å².